The van der Waals surface area contributed by atoms with Gasteiger partial charge in [0, 0.05) is 12.6 Å². The van der Waals surface area contributed by atoms with Crippen LogP contribution in [0.5, 0.6) is 0 Å². The van der Waals surface area contributed by atoms with Gasteiger partial charge in [0.2, 0.25) is 0 Å². The van der Waals surface area contributed by atoms with Crippen molar-refractivity contribution in [2.45, 2.75) is 57.5 Å². The van der Waals surface area contributed by atoms with E-state index >= 15 is 0 Å². The zero-order chi connectivity index (χ0) is 13.1. The van der Waals surface area contributed by atoms with Gasteiger partial charge >= 0.3 is 0 Å². The summed E-state index contributed by atoms with van der Waals surface area (Å²) in [7, 11) is 0. The molecular weight excluding hydrogens is 238 g/mol. The molecule has 0 aliphatic carbocycles. The van der Waals surface area contributed by atoms with Crippen LogP contribution >= 0.6 is 0 Å². The third-order valence-electron chi connectivity index (χ3n) is 4.25. The summed E-state index contributed by atoms with van der Waals surface area (Å²) in [6, 6.07) is 6.65. The van der Waals surface area contributed by atoms with Gasteiger partial charge in [0.15, 0.2) is 0 Å². The largest absolute Gasteiger partial charge is 0.378 e. The second-order valence-electron chi connectivity index (χ2n) is 5.69. The standard InChI is InChI=1S/C16H23NO2/c17-16(7-6-15-3-1-2-8-19-15)12-4-5-13-10-18-11-14(13)9-12/h4-5,9,15-16H,1-3,6-8,10-11,17H2. The maximum Gasteiger partial charge on any atom is 0.0725 e. The van der Waals surface area contributed by atoms with E-state index in [4.69, 9.17) is 15.2 Å². The molecule has 104 valence electrons. The molecule has 2 unspecified atom stereocenters. The third kappa shape index (κ3) is 3.16. The number of benzene rings is 1. The molecular formula is C16H23NO2. The van der Waals surface area contributed by atoms with Gasteiger partial charge in [0.25, 0.3) is 0 Å². The first-order chi connectivity index (χ1) is 9.33. The van der Waals surface area contributed by atoms with Crippen LogP contribution in [0.2, 0.25) is 0 Å². The summed E-state index contributed by atoms with van der Waals surface area (Å²) in [5.41, 5.74) is 10.2. The van der Waals surface area contributed by atoms with Crippen LogP contribution in [0.4, 0.5) is 0 Å². The monoisotopic (exact) mass is 261 g/mol. The molecule has 0 amide bonds. The van der Waals surface area contributed by atoms with Gasteiger partial charge in [-0.3, -0.25) is 0 Å². The molecule has 2 aliphatic rings. The minimum atomic E-state index is 0.122. The predicted octanol–water partition coefficient (Wildman–Crippen LogP) is 3.07. The molecule has 0 saturated carbocycles. The Labute approximate surface area is 115 Å². The van der Waals surface area contributed by atoms with Gasteiger partial charge in [-0.2, -0.15) is 0 Å². The quantitative estimate of drug-likeness (QED) is 0.906. The molecule has 1 fully saturated rings. The molecule has 1 aromatic rings. The van der Waals surface area contributed by atoms with E-state index in [2.05, 4.69) is 18.2 Å². The Hall–Kier alpha value is -0.900. The van der Waals surface area contributed by atoms with Crippen molar-refractivity contribution in [2.24, 2.45) is 5.73 Å². The normalized spacial score (nSPS) is 24.2. The van der Waals surface area contributed by atoms with Gasteiger partial charge in [-0.1, -0.05) is 18.2 Å². The van der Waals surface area contributed by atoms with Crippen molar-refractivity contribution >= 4 is 0 Å². The molecule has 1 saturated heterocycles. The van der Waals surface area contributed by atoms with Gasteiger partial charge in [0.1, 0.15) is 0 Å². The van der Waals surface area contributed by atoms with E-state index in [1.807, 2.05) is 0 Å². The van der Waals surface area contributed by atoms with Crippen molar-refractivity contribution < 1.29 is 9.47 Å². The molecule has 3 rings (SSSR count). The van der Waals surface area contributed by atoms with E-state index in [0.29, 0.717) is 6.10 Å². The van der Waals surface area contributed by atoms with Gasteiger partial charge in [-0.05, 0) is 48.8 Å². The van der Waals surface area contributed by atoms with Crippen LogP contribution in [0.25, 0.3) is 0 Å². The summed E-state index contributed by atoms with van der Waals surface area (Å²) < 4.78 is 11.2. The van der Waals surface area contributed by atoms with Gasteiger partial charge in [0.05, 0.1) is 19.3 Å². The van der Waals surface area contributed by atoms with Crippen LogP contribution in [-0.2, 0) is 22.7 Å². The summed E-state index contributed by atoms with van der Waals surface area (Å²) >= 11 is 0. The van der Waals surface area contributed by atoms with Crippen LogP contribution in [-0.4, -0.2) is 12.7 Å². The molecule has 1 aromatic carbocycles. The fourth-order valence-corrected chi connectivity index (χ4v) is 2.99. The van der Waals surface area contributed by atoms with Crippen molar-refractivity contribution in [1.29, 1.82) is 0 Å². The van der Waals surface area contributed by atoms with Crippen LogP contribution < -0.4 is 5.73 Å². The molecule has 3 nitrogen and oxygen atoms in total. The Kier molecular flexibility index (Phi) is 4.16. The highest BCUT2D eigenvalue weighted by Gasteiger charge is 2.17. The Morgan fingerprint density at radius 3 is 2.95 bits per heavy atom. The fraction of sp³-hybridized carbons (Fsp3) is 0.625. The SMILES string of the molecule is NC(CCC1CCCCO1)c1ccc2c(c1)COC2. The Morgan fingerprint density at radius 2 is 2.11 bits per heavy atom. The van der Waals surface area contributed by atoms with Crippen molar-refractivity contribution in [3.05, 3.63) is 34.9 Å². The van der Waals surface area contributed by atoms with Crippen molar-refractivity contribution in [3.8, 4) is 0 Å². The highest BCUT2D eigenvalue weighted by molar-refractivity contribution is 5.34. The van der Waals surface area contributed by atoms with E-state index in [0.717, 1.165) is 32.7 Å². The molecule has 19 heavy (non-hydrogen) atoms. The summed E-state index contributed by atoms with van der Waals surface area (Å²) in [5, 5.41) is 0. The summed E-state index contributed by atoms with van der Waals surface area (Å²) in [4.78, 5) is 0. The maximum absolute atomic E-state index is 6.31. The zero-order valence-corrected chi connectivity index (χ0v) is 11.4. The minimum Gasteiger partial charge on any atom is -0.378 e. The topological polar surface area (TPSA) is 44.5 Å². The van der Waals surface area contributed by atoms with Crippen molar-refractivity contribution in [1.82, 2.24) is 0 Å². The summed E-state index contributed by atoms with van der Waals surface area (Å²) in [6.07, 6.45) is 6.23. The number of fused-ring (bicyclic) bond motifs is 1. The third-order valence-corrected chi connectivity index (χ3v) is 4.25. The lowest BCUT2D eigenvalue weighted by Crippen LogP contribution is -2.21. The molecule has 0 aromatic heterocycles. The molecule has 2 aliphatic heterocycles. The van der Waals surface area contributed by atoms with Crippen molar-refractivity contribution in [2.75, 3.05) is 6.61 Å². The van der Waals surface area contributed by atoms with E-state index in [9.17, 15) is 0 Å². The van der Waals surface area contributed by atoms with E-state index in [1.54, 1.807) is 0 Å². The fourth-order valence-electron chi connectivity index (χ4n) is 2.99. The van der Waals surface area contributed by atoms with E-state index in [-0.39, 0.29) is 6.04 Å². The Morgan fingerprint density at radius 1 is 1.21 bits per heavy atom. The van der Waals surface area contributed by atoms with E-state index in [1.165, 1.54) is 36.0 Å². The molecule has 2 heterocycles. The first-order valence-electron chi connectivity index (χ1n) is 7.39. The first-order valence-corrected chi connectivity index (χ1v) is 7.39. The summed E-state index contributed by atoms with van der Waals surface area (Å²) in [5.74, 6) is 0. The molecule has 2 N–H and O–H groups in total. The Balaban J connectivity index is 1.56. The molecule has 3 heteroatoms. The lowest BCUT2D eigenvalue weighted by molar-refractivity contribution is 0.00912. The number of nitrogens with two attached hydrogens (primary N) is 1. The average Bonchev–Trinajstić information content (AvgIpc) is 2.93. The first kappa shape index (κ1) is 13.1. The Bertz CT molecular complexity index is 427. The molecule has 0 bridgehead atoms. The number of rotatable bonds is 4. The summed E-state index contributed by atoms with van der Waals surface area (Å²) in [6.45, 7) is 2.42. The number of hydrogen-bond donors (Lipinski definition) is 1. The lowest BCUT2D eigenvalue weighted by Gasteiger charge is -2.24. The highest BCUT2D eigenvalue weighted by atomic mass is 16.5. The zero-order valence-electron chi connectivity index (χ0n) is 11.4. The second kappa shape index (κ2) is 6.04. The maximum atomic E-state index is 6.31. The smallest absolute Gasteiger partial charge is 0.0725 e. The van der Waals surface area contributed by atoms with Crippen molar-refractivity contribution in [3.63, 3.8) is 0 Å². The van der Waals surface area contributed by atoms with Gasteiger partial charge < -0.3 is 15.2 Å². The van der Waals surface area contributed by atoms with Gasteiger partial charge in [-0.15, -0.1) is 0 Å². The van der Waals surface area contributed by atoms with Crippen LogP contribution in [0.15, 0.2) is 18.2 Å². The van der Waals surface area contributed by atoms with Crippen LogP contribution in [0.3, 0.4) is 0 Å². The molecule has 0 spiro atoms. The van der Waals surface area contributed by atoms with Crippen LogP contribution in [0, 0.1) is 0 Å². The lowest BCUT2D eigenvalue weighted by atomic mass is 9.96. The van der Waals surface area contributed by atoms with E-state index < -0.39 is 0 Å². The average molecular weight is 261 g/mol. The minimum absolute atomic E-state index is 0.122. The second-order valence-corrected chi connectivity index (χ2v) is 5.69. The van der Waals surface area contributed by atoms with Crippen LogP contribution in [0.1, 0.15) is 54.8 Å². The number of ether oxygens (including phenoxy) is 2. The van der Waals surface area contributed by atoms with Gasteiger partial charge in [-0.25, -0.2) is 0 Å². The predicted molar refractivity (Wildman–Crippen MR) is 74.7 cm³/mol. The highest BCUT2D eigenvalue weighted by Crippen LogP contribution is 2.26. The molecule has 2 atom stereocenters. The number of hydrogen-bond acceptors (Lipinski definition) is 3. The molecule has 0 radical (unpaired) electrons.